The summed E-state index contributed by atoms with van der Waals surface area (Å²) >= 11 is 5.68. The van der Waals surface area contributed by atoms with Gasteiger partial charge in [-0.1, -0.05) is 23.7 Å². The number of sulfonamides is 1. The number of carbonyl (C=O) groups is 1. The van der Waals surface area contributed by atoms with Gasteiger partial charge in [0.2, 0.25) is 0 Å². The van der Waals surface area contributed by atoms with Crippen molar-refractivity contribution in [3.63, 3.8) is 0 Å². The van der Waals surface area contributed by atoms with Gasteiger partial charge < -0.3 is 0 Å². The number of aromatic nitrogens is 1. The predicted octanol–water partition coefficient (Wildman–Crippen LogP) is 2.74. The lowest BCUT2D eigenvalue weighted by atomic mass is 10.2. The summed E-state index contributed by atoms with van der Waals surface area (Å²) < 4.78 is 26.5. The van der Waals surface area contributed by atoms with Crippen LogP contribution in [0.15, 0.2) is 47.5 Å². The predicted molar refractivity (Wildman–Crippen MR) is 76.5 cm³/mol. The lowest BCUT2D eigenvalue weighted by Crippen LogP contribution is -2.13. The van der Waals surface area contributed by atoms with Crippen LogP contribution in [0.4, 0.5) is 5.82 Å². The highest BCUT2D eigenvalue weighted by atomic mass is 35.5. The van der Waals surface area contributed by atoms with Gasteiger partial charge in [0, 0.05) is 11.8 Å². The monoisotopic (exact) mass is 310 g/mol. The highest BCUT2D eigenvalue weighted by Crippen LogP contribution is 2.16. The fourth-order valence-electron chi connectivity index (χ4n) is 1.50. The van der Waals surface area contributed by atoms with E-state index in [1.54, 1.807) is 0 Å². The normalized spacial score (nSPS) is 11.1. The van der Waals surface area contributed by atoms with Gasteiger partial charge in [-0.15, -0.1) is 0 Å². The van der Waals surface area contributed by atoms with Crippen LogP contribution in [0, 0.1) is 0 Å². The standard InChI is InChI=1S/C13H11ClN2O3S/c1-9(17)10-2-5-12(6-3-10)20(18,19)16-13-7-4-11(14)8-15-13/h2-8H,1H3,(H,15,16). The first-order chi connectivity index (χ1) is 9.38. The fraction of sp³-hybridized carbons (Fsp3) is 0.0769. The van der Waals surface area contributed by atoms with Crippen molar-refractivity contribution in [1.82, 2.24) is 4.98 Å². The van der Waals surface area contributed by atoms with Crippen LogP contribution in [-0.4, -0.2) is 19.2 Å². The first kappa shape index (κ1) is 14.5. The van der Waals surface area contributed by atoms with Gasteiger partial charge in [0.05, 0.1) is 9.92 Å². The smallest absolute Gasteiger partial charge is 0.263 e. The molecule has 2 aromatic rings. The molecule has 1 aromatic heterocycles. The zero-order valence-electron chi connectivity index (χ0n) is 10.5. The van der Waals surface area contributed by atoms with Crippen molar-refractivity contribution in [2.75, 3.05) is 4.72 Å². The number of hydrogen-bond donors (Lipinski definition) is 1. The Labute approximate surface area is 121 Å². The molecule has 0 atom stereocenters. The summed E-state index contributed by atoms with van der Waals surface area (Å²) in [6.45, 7) is 1.42. The van der Waals surface area contributed by atoms with Crippen molar-refractivity contribution in [2.24, 2.45) is 0 Å². The molecule has 20 heavy (non-hydrogen) atoms. The maximum absolute atomic E-state index is 12.1. The lowest BCUT2D eigenvalue weighted by Gasteiger charge is -2.07. The molecule has 0 saturated heterocycles. The topological polar surface area (TPSA) is 76.1 Å². The zero-order valence-corrected chi connectivity index (χ0v) is 12.1. The molecule has 0 aliphatic heterocycles. The Balaban J connectivity index is 2.26. The van der Waals surface area contributed by atoms with Gasteiger partial charge in [-0.2, -0.15) is 0 Å². The molecule has 1 heterocycles. The van der Waals surface area contributed by atoms with Crippen LogP contribution in [0.25, 0.3) is 0 Å². The molecule has 0 saturated carbocycles. The van der Waals surface area contributed by atoms with Gasteiger partial charge in [-0.3, -0.25) is 9.52 Å². The molecule has 104 valence electrons. The van der Waals surface area contributed by atoms with E-state index in [1.807, 2.05) is 0 Å². The summed E-state index contributed by atoms with van der Waals surface area (Å²) in [6, 6.07) is 8.66. The summed E-state index contributed by atoms with van der Waals surface area (Å²) in [5, 5.41) is 0.416. The average molecular weight is 311 g/mol. The summed E-state index contributed by atoms with van der Waals surface area (Å²) in [6.07, 6.45) is 1.35. The zero-order chi connectivity index (χ0) is 14.8. The van der Waals surface area contributed by atoms with Crippen LogP contribution in [0.2, 0.25) is 5.02 Å². The van der Waals surface area contributed by atoms with Gasteiger partial charge in [0.15, 0.2) is 5.78 Å². The molecule has 2 rings (SSSR count). The third-order valence-corrected chi connectivity index (χ3v) is 4.13. The van der Waals surface area contributed by atoms with Crippen LogP contribution < -0.4 is 4.72 Å². The summed E-state index contributed by atoms with van der Waals surface area (Å²) in [4.78, 5) is 15.1. The molecule has 1 N–H and O–H groups in total. The minimum absolute atomic E-state index is 0.0549. The highest BCUT2D eigenvalue weighted by Gasteiger charge is 2.15. The van der Waals surface area contributed by atoms with E-state index in [2.05, 4.69) is 9.71 Å². The molecule has 1 aromatic carbocycles. The van der Waals surface area contributed by atoms with Crippen LogP contribution in [0.5, 0.6) is 0 Å². The van der Waals surface area contributed by atoms with E-state index in [-0.39, 0.29) is 16.5 Å². The van der Waals surface area contributed by atoms with Crippen molar-refractivity contribution in [3.05, 3.63) is 53.2 Å². The maximum atomic E-state index is 12.1. The highest BCUT2D eigenvalue weighted by molar-refractivity contribution is 7.92. The van der Waals surface area contributed by atoms with E-state index in [0.717, 1.165) is 0 Å². The van der Waals surface area contributed by atoms with Crippen molar-refractivity contribution in [3.8, 4) is 0 Å². The third kappa shape index (κ3) is 3.34. The molecule has 0 radical (unpaired) electrons. The Morgan fingerprint density at radius 2 is 1.80 bits per heavy atom. The average Bonchev–Trinajstić information content (AvgIpc) is 2.41. The Kier molecular flexibility index (Phi) is 4.06. The first-order valence-electron chi connectivity index (χ1n) is 5.64. The second-order valence-electron chi connectivity index (χ2n) is 4.05. The number of pyridine rings is 1. The van der Waals surface area contributed by atoms with Crippen LogP contribution in [-0.2, 0) is 10.0 Å². The molecule has 0 aliphatic carbocycles. The Hall–Kier alpha value is -1.92. The molecule has 7 heteroatoms. The molecule has 0 aliphatic rings. The van der Waals surface area contributed by atoms with Crippen molar-refractivity contribution in [2.45, 2.75) is 11.8 Å². The van der Waals surface area contributed by atoms with E-state index < -0.39 is 10.0 Å². The third-order valence-electron chi connectivity index (χ3n) is 2.54. The lowest BCUT2D eigenvalue weighted by molar-refractivity contribution is 0.101. The fourth-order valence-corrected chi connectivity index (χ4v) is 2.62. The Morgan fingerprint density at radius 1 is 1.15 bits per heavy atom. The SMILES string of the molecule is CC(=O)c1ccc(S(=O)(=O)Nc2ccc(Cl)cn2)cc1. The van der Waals surface area contributed by atoms with E-state index >= 15 is 0 Å². The number of ketones is 1. The molecule has 5 nitrogen and oxygen atoms in total. The Bertz CT molecular complexity index is 725. The largest absolute Gasteiger partial charge is 0.295 e. The minimum Gasteiger partial charge on any atom is -0.295 e. The summed E-state index contributed by atoms with van der Waals surface area (Å²) in [5.74, 6) is 0.0475. The molecular formula is C13H11ClN2O3S. The summed E-state index contributed by atoms with van der Waals surface area (Å²) in [5.41, 5.74) is 0.452. The number of rotatable bonds is 4. The number of hydrogen-bond acceptors (Lipinski definition) is 4. The van der Waals surface area contributed by atoms with E-state index in [4.69, 9.17) is 11.6 Å². The van der Waals surface area contributed by atoms with Gasteiger partial charge in [0.25, 0.3) is 10.0 Å². The molecule has 0 bridgehead atoms. The number of Topliss-reactive ketones (excluding diaryl/α,β-unsaturated/α-hetero) is 1. The molecular weight excluding hydrogens is 300 g/mol. The van der Waals surface area contributed by atoms with Gasteiger partial charge >= 0.3 is 0 Å². The number of halogens is 1. The van der Waals surface area contributed by atoms with E-state index in [0.29, 0.717) is 10.6 Å². The summed E-state index contributed by atoms with van der Waals surface area (Å²) in [7, 11) is -3.74. The Morgan fingerprint density at radius 3 is 2.30 bits per heavy atom. The number of nitrogens with one attached hydrogen (secondary N) is 1. The van der Waals surface area contributed by atoms with Crippen LogP contribution in [0.3, 0.4) is 0 Å². The second kappa shape index (κ2) is 5.60. The maximum Gasteiger partial charge on any atom is 0.263 e. The van der Waals surface area contributed by atoms with Crippen LogP contribution in [0.1, 0.15) is 17.3 Å². The molecule has 0 amide bonds. The molecule has 0 unspecified atom stereocenters. The number of nitrogens with zero attached hydrogens (tertiary/aromatic N) is 1. The van der Waals surface area contributed by atoms with Gasteiger partial charge in [0.1, 0.15) is 5.82 Å². The van der Waals surface area contributed by atoms with Crippen LogP contribution >= 0.6 is 11.6 Å². The van der Waals surface area contributed by atoms with Crippen molar-refractivity contribution in [1.29, 1.82) is 0 Å². The molecule has 0 fully saturated rings. The first-order valence-corrected chi connectivity index (χ1v) is 7.50. The number of anilines is 1. The van der Waals surface area contributed by atoms with Gasteiger partial charge in [-0.05, 0) is 31.2 Å². The number of benzene rings is 1. The second-order valence-corrected chi connectivity index (χ2v) is 6.17. The van der Waals surface area contributed by atoms with E-state index in [1.165, 1.54) is 49.5 Å². The van der Waals surface area contributed by atoms with Gasteiger partial charge in [-0.25, -0.2) is 13.4 Å². The quantitative estimate of drug-likeness (QED) is 0.881. The van der Waals surface area contributed by atoms with Crippen molar-refractivity contribution < 1.29 is 13.2 Å². The molecule has 0 spiro atoms. The number of carbonyl (C=O) groups excluding carboxylic acids is 1. The van der Waals surface area contributed by atoms with Crippen molar-refractivity contribution >= 4 is 33.2 Å². The van der Waals surface area contributed by atoms with E-state index in [9.17, 15) is 13.2 Å². The minimum atomic E-state index is -3.74.